The molecule has 0 aliphatic heterocycles. The zero-order chi connectivity index (χ0) is 18.6. The summed E-state index contributed by atoms with van der Waals surface area (Å²) in [4.78, 5) is 12.2. The minimum atomic E-state index is -3.81. The standard InChI is InChI=1S/C19H17N3O3S/c20-26(24,25)18-10-4-9-17(12-18)21-19(23)14-22-11-5-8-16(13-22)15-6-2-1-3-7-15/h1-13H,14H2,(H2-,20,21,23,24,25)/p+1. The largest absolute Gasteiger partial charge is 0.321 e. The van der Waals surface area contributed by atoms with Crippen LogP contribution in [-0.2, 0) is 21.4 Å². The third-order valence-corrected chi connectivity index (χ3v) is 4.65. The Morgan fingerprint density at radius 3 is 2.42 bits per heavy atom. The summed E-state index contributed by atoms with van der Waals surface area (Å²) in [5, 5.41) is 7.79. The number of amides is 1. The second kappa shape index (κ2) is 7.47. The van der Waals surface area contributed by atoms with Gasteiger partial charge in [-0.25, -0.2) is 13.6 Å². The molecule has 0 radical (unpaired) electrons. The molecule has 7 heteroatoms. The number of carbonyl (C=O) groups excluding carboxylic acids is 1. The molecule has 0 spiro atoms. The second-order valence-corrected chi connectivity index (χ2v) is 7.31. The Hall–Kier alpha value is -3.03. The number of carbonyl (C=O) groups is 1. The molecule has 0 bridgehead atoms. The van der Waals surface area contributed by atoms with E-state index < -0.39 is 10.0 Å². The third kappa shape index (κ3) is 4.53. The van der Waals surface area contributed by atoms with Crippen molar-refractivity contribution in [3.63, 3.8) is 0 Å². The summed E-state index contributed by atoms with van der Waals surface area (Å²) in [7, 11) is -3.81. The van der Waals surface area contributed by atoms with Crippen molar-refractivity contribution in [3.8, 4) is 11.1 Å². The van der Waals surface area contributed by atoms with Gasteiger partial charge in [-0.3, -0.25) is 4.79 Å². The molecule has 6 nitrogen and oxygen atoms in total. The van der Waals surface area contributed by atoms with Gasteiger partial charge in [0.25, 0.3) is 5.91 Å². The van der Waals surface area contributed by atoms with Crippen LogP contribution in [0.1, 0.15) is 0 Å². The SMILES string of the molecule is NS(=O)(=O)c1cccc(NC(=O)C[n+]2cccc(-c3ccccc3)c2)c1. The number of sulfonamides is 1. The Bertz CT molecular complexity index is 1030. The minimum absolute atomic E-state index is 0.0472. The maximum absolute atomic E-state index is 12.3. The van der Waals surface area contributed by atoms with E-state index in [9.17, 15) is 13.2 Å². The average molecular weight is 368 g/mol. The molecule has 1 aromatic heterocycles. The average Bonchev–Trinajstić information content (AvgIpc) is 2.62. The van der Waals surface area contributed by atoms with Gasteiger partial charge in [0.1, 0.15) is 0 Å². The summed E-state index contributed by atoms with van der Waals surface area (Å²) < 4.78 is 24.6. The van der Waals surface area contributed by atoms with Crippen LogP contribution >= 0.6 is 0 Å². The maximum atomic E-state index is 12.3. The molecule has 0 fully saturated rings. The minimum Gasteiger partial charge on any atom is -0.321 e. The van der Waals surface area contributed by atoms with E-state index in [4.69, 9.17) is 5.14 Å². The number of pyridine rings is 1. The van der Waals surface area contributed by atoms with E-state index in [-0.39, 0.29) is 17.3 Å². The van der Waals surface area contributed by atoms with E-state index in [1.54, 1.807) is 16.8 Å². The molecular formula is C19H18N3O3S+. The van der Waals surface area contributed by atoms with Crippen LogP contribution < -0.4 is 15.0 Å². The van der Waals surface area contributed by atoms with Crippen LogP contribution in [0.2, 0.25) is 0 Å². The number of nitrogens with zero attached hydrogens (tertiary/aromatic N) is 1. The van der Waals surface area contributed by atoms with Crippen molar-refractivity contribution in [2.45, 2.75) is 11.4 Å². The first-order valence-corrected chi connectivity index (χ1v) is 9.44. The molecule has 0 saturated heterocycles. The summed E-state index contributed by atoms with van der Waals surface area (Å²) >= 11 is 0. The fraction of sp³-hybridized carbons (Fsp3) is 0.0526. The number of hydrogen-bond acceptors (Lipinski definition) is 3. The van der Waals surface area contributed by atoms with E-state index in [1.165, 1.54) is 18.2 Å². The number of aromatic nitrogens is 1. The number of benzene rings is 2. The Kier molecular flexibility index (Phi) is 5.11. The molecule has 0 atom stereocenters. The first-order chi connectivity index (χ1) is 12.4. The summed E-state index contributed by atoms with van der Waals surface area (Å²) in [6.45, 7) is 0.0975. The van der Waals surface area contributed by atoms with Crippen LogP contribution in [0.5, 0.6) is 0 Å². The molecule has 3 aromatic rings. The maximum Gasteiger partial charge on any atom is 0.290 e. The highest BCUT2D eigenvalue weighted by molar-refractivity contribution is 7.89. The molecule has 0 aliphatic rings. The van der Waals surface area contributed by atoms with E-state index >= 15 is 0 Å². The highest BCUT2D eigenvalue weighted by atomic mass is 32.2. The first-order valence-electron chi connectivity index (χ1n) is 7.89. The number of hydrogen-bond donors (Lipinski definition) is 2. The quantitative estimate of drug-likeness (QED) is 0.674. The fourth-order valence-electron chi connectivity index (χ4n) is 2.54. The Balaban J connectivity index is 1.73. The lowest BCUT2D eigenvalue weighted by molar-refractivity contribution is -0.683. The number of rotatable bonds is 5. The monoisotopic (exact) mass is 368 g/mol. The van der Waals surface area contributed by atoms with Gasteiger partial charge in [0.15, 0.2) is 12.4 Å². The number of anilines is 1. The van der Waals surface area contributed by atoms with E-state index in [2.05, 4.69) is 5.32 Å². The summed E-state index contributed by atoms with van der Waals surface area (Å²) in [6, 6.07) is 19.5. The Morgan fingerprint density at radius 2 is 1.69 bits per heavy atom. The fourth-order valence-corrected chi connectivity index (χ4v) is 3.10. The van der Waals surface area contributed by atoms with Crippen molar-refractivity contribution in [3.05, 3.63) is 79.1 Å². The van der Waals surface area contributed by atoms with Crippen LogP contribution in [0.25, 0.3) is 11.1 Å². The Morgan fingerprint density at radius 1 is 0.962 bits per heavy atom. The van der Waals surface area contributed by atoms with E-state index in [0.29, 0.717) is 5.69 Å². The summed E-state index contributed by atoms with van der Waals surface area (Å²) in [5.41, 5.74) is 2.43. The first kappa shape index (κ1) is 17.8. The van der Waals surface area contributed by atoms with Crippen molar-refractivity contribution < 1.29 is 17.8 Å². The lowest BCUT2D eigenvalue weighted by Gasteiger charge is -2.06. The van der Waals surface area contributed by atoms with Crippen LogP contribution in [0, 0.1) is 0 Å². The summed E-state index contributed by atoms with van der Waals surface area (Å²) in [6.07, 6.45) is 3.68. The Labute approximate surface area is 152 Å². The normalized spacial score (nSPS) is 11.1. The van der Waals surface area contributed by atoms with Gasteiger partial charge in [0.05, 0.1) is 4.90 Å². The summed E-state index contributed by atoms with van der Waals surface area (Å²) in [5.74, 6) is -0.271. The van der Waals surface area contributed by atoms with Crippen molar-refractivity contribution in [2.75, 3.05) is 5.32 Å². The van der Waals surface area contributed by atoms with Gasteiger partial charge >= 0.3 is 0 Å². The topological polar surface area (TPSA) is 93.1 Å². The van der Waals surface area contributed by atoms with Gasteiger partial charge in [-0.15, -0.1) is 0 Å². The number of primary sulfonamides is 1. The second-order valence-electron chi connectivity index (χ2n) is 5.75. The van der Waals surface area contributed by atoms with Gasteiger partial charge in [-0.1, -0.05) is 36.4 Å². The molecule has 0 aliphatic carbocycles. The molecule has 2 aromatic carbocycles. The predicted molar refractivity (Wildman–Crippen MR) is 98.5 cm³/mol. The predicted octanol–water partition coefficient (Wildman–Crippen LogP) is 1.93. The lowest BCUT2D eigenvalue weighted by Crippen LogP contribution is -2.39. The van der Waals surface area contributed by atoms with Gasteiger partial charge in [0.2, 0.25) is 16.6 Å². The van der Waals surface area contributed by atoms with Gasteiger partial charge in [-0.05, 0) is 29.8 Å². The number of nitrogens with two attached hydrogens (primary N) is 1. The van der Waals surface area contributed by atoms with E-state index in [0.717, 1.165) is 11.1 Å². The smallest absolute Gasteiger partial charge is 0.290 e. The highest BCUT2D eigenvalue weighted by Gasteiger charge is 2.13. The van der Waals surface area contributed by atoms with E-state index in [1.807, 2.05) is 48.7 Å². The number of nitrogens with one attached hydrogen (secondary N) is 1. The van der Waals surface area contributed by atoms with Crippen molar-refractivity contribution >= 4 is 21.6 Å². The van der Waals surface area contributed by atoms with Gasteiger partial charge in [0, 0.05) is 17.3 Å². The van der Waals surface area contributed by atoms with Crippen LogP contribution in [-0.4, -0.2) is 14.3 Å². The van der Waals surface area contributed by atoms with Crippen LogP contribution in [0.4, 0.5) is 5.69 Å². The van der Waals surface area contributed by atoms with Crippen molar-refractivity contribution in [1.29, 1.82) is 0 Å². The molecule has 1 amide bonds. The van der Waals surface area contributed by atoms with Gasteiger partial charge < -0.3 is 5.32 Å². The molecular weight excluding hydrogens is 350 g/mol. The molecule has 3 N–H and O–H groups in total. The van der Waals surface area contributed by atoms with Crippen LogP contribution in [0.3, 0.4) is 0 Å². The highest BCUT2D eigenvalue weighted by Crippen LogP contribution is 2.16. The van der Waals surface area contributed by atoms with Crippen molar-refractivity contribution in [1.82, 2.24) is 0 Å². The molecule has 1 heterocycles. The van der Waals surface area contributed by atoms with Crippen molar-refractivity contribution in [2.24, 2.45) is 5.14 Å². The van der Waals surface area contributed by atoms with Gasteiger partial charge in [-0.2, -0.15) is 4.57 Å². The van der Waals surface area contributed by atoms with Crippen LogP contribution in [0.15, 0.2) is 84.0 Å². The molecule has 0 saturated carbocycles. The zero-order valence-corrected chi connectivity index (χ0v) is 14.7. The molecule has 0 unspecified atom stereocenters. The third-order valence-electron chi connectivity index (χ3n) is 3.74. The lowest BCUT2D eigenvalue weighted by atomic mass is 10.1. The molecule has 26 heavy (non-hydrogen) atoms. The molecule has 3 rings (SSSR count). The molecule has 132 valence electrons. The zero-order valence-electron chi connectivity index (χ0n) is 13.9.